The average molecular weight is 160 g/mol. The Morgan fingerprint density at radius 1 is 1.70 bits per heavy atom. The molecule has 0 rings (SSSR count). The van der Waals surface area contributed by atoms with Gasteiger partial charge in [0.1, 0.15) is 0 Å². The van der Waals surface area contributed by atoms with Gasteiger partial charge in [0.15, 0.2) is 0 Å². The summed E-state index contributed by atoms with van der Waals surface area (Å²) in [6.45, 7) is 7.30. The minimum absolute atomic E-state index is 0.0452. The normalized spacial score (nSPS) is 9.10. The van der Waals surface area contributed by atoms with E-state index in [9.17, 15) is 4.46 Å². The molecule has 0 aliphatic heterocycles. The zero-order chi connectivity index (χ0) is 7.98. The Kier molecular flexibility index (Phi) is 4.83. The SMILES string of the molecule is C=CCO[Si](=O)OC(C)C. The number of rotatable bonds is 5. The van der Waals surface area contributed by atoms with Gasteiger partial charge in [0, 0.05) is 0 Å². The van der Waals surface area contributed by atoms with Crippen LogP contribution in [-0.4, -0.2) is 21.9 Å². The predicted octanol–water partition coefficient (Wildman–Crippen LogP) is 1.03. The van der Waals surface area contributed by atoms with Crippen molar-refractivity contribution in [3.8, 4) is 0 Å². The third-order valence-corrected chi connectivity index (χ3v) is 1.72. The van der Waals surface area contributed by atoms with Crippen LogP contribution in [0.4, 0.5) is 0 Å². The lowest BCUT2D eigenvalue weighted by Gasteiger charge is -2.05. The van der Waals surface area contributed by atoms with Crippen LogP contribution < -0.4 is 0 Å². The molecule has 0 saturated carbocycles. The van der Waals surface area contributed by atoms with Crippen LogP contribution >= 0.6 is 0 Å². The Morgan fingerprint density at radius 2 is 2.30 bits per heavy atom. The fourth-order valence-electron chi connectivity index (χ4n) is 0.353. The molecule has 0 amide bonds. The molecule has 0 saturated heterocycles. The standard InChI is InChI=1S/C6H12O3Si/c1-4-5-8-10(7)9-6(2)3/h4,6H,1,5H2,2-3H3. The van der Waals surface area contributed by atoms with Crippen LogP contribution in [-0.2, 0) is 13.3 Å². The molecule has 58 valence electrons. The van der Waals surface area contributed by atoms with E-state index in [2.05, 4.69) is 6.58 Å². The van der Waals surface area contributed by atoms with E-state index in [1.165, 1.54) is 6.08 Å². The predicted molar refractivity (Wildman–Crippen MR) is 38.8 cm³/mol. The quantitative estimate of drug-likeness (QED) is 0.445. The maximum atomic E-state index is 10.7. The van der Waals surface area contributed by atoms with Gasteiger partial charge >= 0.3 is 9.17 Å². The fourth-order valence-corrected chi connectivity index (χ4v) is 1.06. The summed E-state index contributed by atoms with van der Waals surface area (Å²) < 4.78 is 20.2. The van der Waals surface area contributed by atoms with Crippen LogP contribution in [0.3, 0.4) is 0 Å². The molecule has 0 unspecified atom stereocenters. The van der Waals surface area contributed by atoms with Crippen molar-refractivity contribution in [2.45, 2.75) is 20.0 Å². The lowest BCUT2D eigenvalue weighted by Crippen LogP contribution is -2.17. The summed E-state index contributed by atoms with van der Waals surface area (Å²) in [5.41, 5.74) is 0. The largest absolute Gasteiger partial charge is 0.767 e. The van der Waals surface area contributed by atoms with E-state index in [1.54, 1.807) is 13.8 Å². The van der Waals surface area contributed by atoms with Crippen molar-refractivity contribution >= 4 is 9.17 Å². The van der Waals surface area contributed by atoms with Crippen LogP contribution in [0.25, 0.3) is 0 Å². The van der Waals surface area contributed by atoms with Gasteiger partial charge in [-0.05, 0) is 13.8 Å². The first-order chi connectivity index (χ1) is 4.66. The van der Waals surface area contributed by atoms with Crippen LogP contribution in [0.1, 0.15) is 13.8 Å². The maximum absolute atomic E-state index is 10.7. The van der Waals surface area contributed by atoms with Gasteiger partial charge in [0.2, 0.25) is 0 Å². The molecule has 0 aliphatic rings. The molecule has 10 heavy (non-hydrogen) atoms. The lowest BCUT2D eigenvalue weighted by atomic mass is 10.5. The Hall–Kier alpha value is -0.643. The summed E-state index contributed by atoms with van der Waals surface area (Å²) in [7, 11) is -2.27. The first-order valence-corrected chi connectivity index (χ1v) is 4.33. The van der Waals surface area contributed by atoms with E-state index < -0.39 is 9.17 Å². The summed E-state index contributed by atoms with van der Waals surface area (Å²) in [5, 5.41) is 0. The molecular weight excluding hydrogens is 148 g/mol. The summed E-state index contributed by atoms with van der Waals surface area (Å²) >= 11 is 0. The van der Waals surface area contributed by atoms with Crippen LogP contribution in [0, 0.1) is 0 Å². The van der Waals surface area contributed by atoms with E-state index in [0.717, 1.165) is 0 Å². The zero-order valence-corrected chi connectivity index (χ0v) is 7.29. The molecule has 0 aromatic rings. The topological polar surface area (TPSA) is 35.5 Å². The monoisotopic (exact) mass is 160 g/mol. The summed E-state index contributed by atoms with van der Waals surface area (Å²) in [6, 6.07) is 0. The van der Waals surface area contributed by atoms with Gasteiger partial charge in [0.05, 0.1) is 12.7 Å². The van der Waals surface area contributed by atoms with Gasteiger partial charge in [-0.2, -0.15) is 0 Å². The van der Waals surface area contributed by atoms with Crippen LogP contribution in [0.2, 0.25) is 0 Å². The molecule has 0 aromatic heterocycles. The first-order valence-electron chi connectivity index (χ1n) is 3.11. The highest BCUT2D eigenvalue weighted by atomic mass is 28.3. The number of hydrogen-bond acceptors (Lipinski definition) is 3. The lowest BCUT2D eigenvalue weighted by molar-refractivity contribution is 0.144. The minimum Gasteiger partial charge on any atom is -0.494 e. The van der Waals surface area contributed by atoms with Gasteiger partial charge in [0.25, 0.3) is 0 Å². The molecule has 0 aromatic carbocycles. The highest BCUT2D eigenvalue weighted by Gasteiger charge is 2.10. The van der Waals surface area contributed by atoms with Crippen molar-refractivity contribution in [1.29, 1.82) is 0 Å². The van der Waals surface area contributed by atoms with Crippen molar-refractivity contribution in [2.24, 2.45) is 0 Å². The van der Waals surface area contributed by atoms with Gasteiger partial charge in [-0.1, -0.05) is 12.7 Å². The molecule has 0 aliphatic carbocycles. The summed E-state index contributed by atoms with van der Waals surface area (Å²) in [6.07, 6.45) is 1.49. The second kappa shape index (κ2) is 5.17. The van der Waals surface area contributed by atoms with Crippen LogP contribution in [0.5, 0.6) is 0 Å². The van der Waals surface area contributed by atoms with Gasteiger partial charge in [-0.15, -0.1) is 0 Å². The minimum atomic E-state index is -2.27. The summed E-state index contributed by atoms with van der Waals surface area (Å²) in [4.78, 5) is 0. The smallest absolute Gasteiger partial charge is 0.494 e. The molecule has 0 spiro atoms. The molecule has 0 heterocycles. The summed E-state index contributed by atoms with van der Waals surface area (Å²) in [5.74, 6) is 0. The van der Waals surface area contributed by atoms with E-state index in [1.807, 2.05) is 0 Å². The van der Waals surface area contributed by atoms with Crippen molar-refractivity contribution < 1.29 is 13.3 Å². The van der Waals surface area contributed by atoms with Gasteiger partial charge < -0.3 is 8.85 Å². The molecule has 0 bridgehead atoms. The third-order valence-electron chi connectivity index (χ3n) is 0.651. The zero-order valence-electron chi connectivity index (χ0n) is 6.29. The molecule has 0 fully saturated rings. The Morgan fingerprint density at radius 3 is 2.70 bits per heavy atom. The van der Waals surface area contributed by atoms with Crippen molar-refractivity contribution in [2.75, 3.05) is 6.61 Å². The molecule has 4 heteroatoms. The molecule has 0 radical (unpaired) electrons. The second-order valence-electron chi connectivity index (χ2n) is 2.02. The van der Waals surface area contributed by atoms with Gasteiger partial charge in [-0.25, -0.2) is 0 Å². The van der Waals surface area contributed by atoms with Crippen molar-refractivity contribution in [3.63, 3.8) is 0 Å². The highest BCUT2D eigenvalue weighted by molar-refractivity contribution is 6.26. The molecule has 0 N–H and O–H groups in total. The fraction of sp³-hybridized carbons (Fsp3) is 0.667. The Labute approximate surface area is 62.6 Å². The molecular formula is C6H12O3Si. The Bertz CT molecular complexity index is 122. The van der Waals surface area contributed by atoms with Gasteiger partial charge in [-0.3, -0.25) is 4.46 Å². The van der Waals surface area contributed by atoms with Crippen molar-refractivity contribution in [3.05, 3.63) is 12.7 Å². The third kappa shape index (κ3) is 5.49. The van der Waals surface area contributed by atoms with Crippen LogP contribution in [0.15, 0.2) is 12.7 Å². The van der Waals surface area contributed by atoms with Crippen molar-refractivity contribution in [1.82, 2.24) is 0 Å². The first kappa shape index (κ1) is 9.36. The number of hydrogen-bond donors (Lipinski definition) is 0. The van der Waals surface area contributed by atoms with E-state index in [-0.39, 0.29) is 12.7 Å². The molecule has 3 nitrogen and oxygen atoms in total. The molecule has 0 atom stereocenters. The van der Waals surface area contributed by atoms with E-state index >= 15 is 0 Å². The second-order valence-corrected chi connectivity index (χ2v) is 3.04. The Balaban J connectivity index is 3.34. The van der Waals surface area contributed by atoms with E-state index in [4.69, 9.17) is 8.85 Å². The van der Waals surface area contributed by atoms with E-state index in [0.29, 0.717) is 0 Å². The average Bonchev–Trinajstić information content (AvgIpc) is 1.82. The maximum Gasteiger partial charge on any atom is 0.767 e. The highest BCUT2D eigenvalue weighted by Crippen LogP contribution is 1.88.